The van der Waals surface area contributed by atoms with E-state index < -0.39 is 0 Å². The van der Waals surface area contributed by atoms with E-state index >= 15 is 0 Å². The first-order chi connectivity index (χ1) is 9.06. The minimum Gasteiger partial charge on any atom is -0.294 e. The van der Waals surface area contributed by atoms with Crippen LogP contribution in [0.5, 0.6) is 0 Å². The van der Waals surface area contributed by atoms with Crippen LogP contribution >= 0.6 is 0 Å². The molecule has 0 N–H and O–H groups in total. The molecule has 0 aliphatic carbocycles. The highest BCUT2D eigenvalue weighted by molar-refractivity contribution is 6.15. The molecule has 0 saturated carbocycles. The first-order valence-electron chi connectivity index (χ1n) is 6.53. The first kappa shape index (κ1) is 17.0. The second kappa shape index (κ2) is 9.03. The monoisotopic (exact) mass is 257 g/mol. The van der Waals surface area contributed by atoms with Gasteiger partial charge >= 0.3 is 0 Å². The van der Waals surface area contributed by atoms with Crippen LogP contribution in [0.1, 0.15) is 50.5 Å². The lowest BCUT2D eigenvalue weighted by molar-refractivity contribution is 0.101. The second-order valence-electron chi connectivity index (χ2n) is 3.83. The largest absolute Gasteiger partial charge is 0.294 e. The van der Waals surface area contributed by atoms with Gasteiger partial charge in [-0.3, -0.25) is 9.79 Å². The van der Waals surface area contributed by atoms with Crippen LogP contribution in [0.15, 0.2) is 53.7 Å². The minimum absolute atomic E-state index is 0.0412. The summed E-state index contributed by atoms with van der Waals surface area (Å²) < 4.78 is 0. The molecule has 0 aliphatic heterocycles. The van der Waals surface area contributed by atoms with Gasteiger partial charge in [0.15, 0.2) is 5.78 Å². The Morgan fingerprint density at radius 3 is 2.11 bits per heavy atom. The van der Waals surface area contributed by atoms with Crippen molar-refractivity contribution in [3.05, 3.63) is 59.8 Å². The van der Waals surface area contributed by atoms with E-state index in [0.717, 1.165) is 17.0 Å². The molecule has 19 heavy (non-hydrogen) atoms. The zero-order valence-electron chi connectivity index (χ0n) is 12.5. The number of allylic oxidation sites excluding steroid dienone is 3. The molecule has 102 valence electrons. The molecule has 2 heteroatoms. The van der Waals surface area contributed by atoms with E-state index in [2.05, 4.69) is 11.6 Å². The summed E-state index contributed by atoms with van der Waals surface area (Å²) in [5.74, 6) is 0.0412. The number of rotatable bonds is 4. The highest BCUT2D eigenvalue weighted by Crippen LogP contribution is 2.13. The Hall–Kier alpha value is -1.96. The molecular weight excluding hydrogens is 234 g/mol. The normalized spacial score (nSPS) is 10.9. The molecule has 0 saturated heterocycles. The van der Waals surface area contributed by atoms with Crippen LogP contribution in [-0.4, -0.2) is 11.5 Å². The molecule has 0 atom stereocenters. The van der Waals surface area contributed by atoms with Gasteiger partial charge in [0.2, 0.25) is 0 Å². The van der Waals surface area contributed by atoms with Crippen LogP contribution in [-0.2, 0) is 0 Å². The van der Waals surface area contributed by atoms with Gasteiger partial charge in [-0.1, -0.05) is 50.8 Å². The Bertz CT molecular complexity index is 496. The molecule has 0 fully saturated rings. The Morgan fingerprint density at radius 2 is 1.68 bits per heavy atom. The fourth-order valence-corrected chi connectivity index (χ4v) is 1.56. The Balaban J connectivity index is 0.00000154. The van der Waals surface area contributed by atoms with Crippen molar-refractivity contribution in [2.45, 2.75) is 34.6 Å². The van der Waals surface area contributed by atoms with Crippen LogP contribution in [0.25, 0.3) is 0 Å². The van der Waals surface area contributed by atoms with E-state index in [1.165, 1.54) is 0 Å². The summed E-state index contributed by atoms with van der Waals surface area (Å²) in [7, 11) is 0. The Morgan fingerprint density at radius 1 is 1.16 bits per heavy atom. The van der Waals surface area contributed by atoms with Gasteiger partial charge in [0.05, 0.1) is 5.71 Å². The highest BCUT2D eigenvalue weighted by Gasteiger charge is 2.09. The number of benzene rings is 1. The maximum atomic E-state index is 11.6. The Kier molecular flexibility index (Phi) is 8.10. The molecule has 0 aliphatic rings. The number of nitrogens with zero attached hydrogens (tertiary/aromatic N) is 1. The van der Waals surface area contributed by atoms with Crippen molar-refractivity contribution in [3.8, 4) is 0 Å². The zero-order valence-corrected chi connectivity index (χ0v) is 12.5. The van der Waals surface area contributed by atoms with Crippen molar-refractivity contribution in [3.63, 3.8) is 0 Å². The fourth-order valence-electron chi connectivity index (χ4n) is 1.56. The molecule has 0 amide bonds. The molecule has 0 heterocycles. The molecule has 0 unspecified atom stereocenters. The summed E-state index contributed by atoms with van der Waals surface area (Å²) >= 11 is 0. The number of Topliss-reactive ketones (excluding diaryl/α,β-unsaturated/α-hetero) is 1. The molecule has 0 bridgehead atoms. The van der Waals surface area contributed by atoms with Gasteiger partial charge in [0.25, 0.3) is 0 Å². The predicted octanol–water partition coefficient (Wildman–Crippen LogP) is 4.81. The van der Waals surface area contributed by atoms with E-state index in [9.17, 15) is 4.79 Å². The topological polar surface area (TPSA) is 29.4 Å². The van der Waals surface area contributed by atoms with Crippen molar-refractivity contribution < 1.29 is 4.79 Å². The quantitative estimate of drug-likeness (QED) is 0.562. The number of carbonyl (C=O) groups excluding carboxylic acids is 1. The molecule has 2 nitrogen and oxygen atoms in total. The van der Waals surface area contributed by atoms with E-state index in [4.69, 9.17) is 0 Å². The lowest BCUT2D eigenvalue weighted by atomic mass is 10.00. The molecule has 1 aromatic carbocycles. The second-order valence-corrected chi connectivity index (χ2v) is 3.83. The number of carbonyl (C=O) groups is 1. The van der Waals surface area contributed by atoms with Gasteiger partial charge in [-0.05, 0) is 26.8 Å². The summed E-state index contributed by atoms with van der Waals surface area (Å²) in [6, 6.07) is 7.47. The molecule has 0 spiro atoms. The van der Waals surface area contributed by atoms with Crippen LogP contribution in [0.3, 0.4) is 0 Å². The average molecular weight is 257 g/mol. The molecule has 0 radical (unpaired) electrons. The minimum atomic E-state index is 0.0412. The van der Waals surface area contributed by atoms with Crippen molar-refractivity contribution in [1.82, 2.24) is 0 Å². The molecule has 1 aromatic rings. The molecule has 1 rings (SSSR count). The predicted molar refractivity (Wildman–Crippen MR) is 84.0 cm³/mol. The molecular formula is C17H23NO. The third kappa shape index (κ3) is 5.47. The number of aliphatic imine (C=N–C) groups is 1. The average Bonchev–Trinajstić information content (AvgIpc) is 2.40. The van der Waals surface area contributed by atoms with Gasteiger partial charge < -0.3 is 0 Å². The summed E-state index contributed by atoms with van der Waals surface area (Å²) in [6.45, 7) is 13.1. The lowest BCUT2D eigenvalue weighted by Crippen LogP contribution is -2.05. The van der Waals surface area contributed by atoms with Crippen LogP contribution < -0.4 is 0 Å². The van der Waals surface area contributed by atoms with Crippen molar-refractivity contribution in [2.75, 3.05) is 0 Å². The van der Waals surface area contributed by atoms with E-state index in [0.29, 0.717) is 5.56 Å². The maximum Gasteiger partial charge on any atom is 0.160 e. The van der Waals surface area contributed by atoms with Crippen LogP contribution in [0.2, 0.25) is 0 Å². The van der Waals surface area contributed by atoms with Gasteiger partial charge in [-0.2, -0.15) is 0 Å². The maximum absolute atomic E-state index is 11.6. The summed E-state index contributed by atoms with van der Waals surface area (Å²) in [5.41, 5.74) is 3.02. The van der Waals surface area contributed by atoms with E-state index in [1.54, 1.807) is 6.92 Å². The summed E-state index contributed by atoms with van der Waals surface area (Å²) in [5, 5.41) is 0. The third-order valence-corrected chi connectivity index (χ3v) is 2.22. The van der Waals surface area contributed by atoms with Crippen molar-refractivity contribution in [2.24, 2.45) is 4.99 Å². The first-order valence-corrected chi connectivity index (χ1v) is 6.53. The van der Waals surface area contributed by atoms with Crippen molar-refractivity contribution in [1.29, 1.82) is 0 Å². The molecule has 0 aromatic heterocycles. The fraction of sp³-hybridized carbons (Fsp3) is 0.294. The smallest absolute Gasteiger partial charge is 0.160 e. The lowest BCUT2D eigenvalue weighted by Gasteiger charge is -2.07. The SMILES string of the molecule is C=C(C)N=C(/C=C\C)c1ccccc1C(C)=O.CC. The summed E-state index contributed by atoms with van der Waals surface area (Å²) in [6.07, 6.45) is 3.79. The zero-order chi connectivity index (χ0) is 14.8. The number of hydrogen-bond donors (Lipinski definition) is 0. The van der Waals surface area contributed by atoms with E-state index in [-0.39, 0.29) is 5.78 Å². The third-order valence-electron chi connectivity index (χ3n) is 2.22. The van der Waals surface area contributed by atoms with Gasteiger partial charge in [0, 0.05) is 16.8 Å². The van der Waals surface area contributed by atoms with E-state index in [1.807, 2.05) is 64.1 Å². The van der Waals surface area contributed by atoms with Gasteiger partial charge in [0.1, 0.15) is 0 Å². The highest BCUT2D eigenvalue weighted by atomic mass is 16.1. The summed E-state index contributed by atoms with van der Waals surface area (Å²) in [4.78, 5) is 15.9. The Labute approximate surface area is 116 Å². The van der Waals surface area contributed by atoms with Crippen LogP contribution in [0.4, 0.5) is 0 Å². The number of ketones is 1. The van der Waals surface area contributed by atoms with Crippen molar-refractivity contribution >= 4 is 11.5 Å². The standard InChI is InChI=1S/C15H17NO.C2H6/c1-5-8-15(16-11(2)3)14-10-7-6-9-13(14)12(4)17;1-2/h5-10H,2H2,1,3-4H3;1-2H3/b8-5-,16-15?;. The van der Waals surface area contributed by atoms with Gasteiger partial charge in [-0.25, -0.2) is 0 Å². The van der Waals surface area contributed by atoms with Gasteiger partial charge in [-0.15, -0.1) is 0 Å². The van der Waals surface area contributed by atoms with Crippen LogP contribution in [0, 0.1) is 0 Å². The number of hydrogen-bond acceptors (Lipinski definition) is 2.